The molecular formula is C28H34ClFN8O. The molecule has 11 heteroatoms. The first-order chi connectivity index (χ1) is 18.6. The van der Waals surface area contributed by atoms with Crippen LogP contribution in [0.4, 0.5) is 4.39 Å². The number of nitrogens with one attached hydrogen (secondary N) is 3. The SMILES string of the molecule is C[C@H](N)CCCc1cc(Cl)c(F)c(-c2cc3cn(-c4ccc([C@H](N)CCCNC(=N)N)cc4)c(=O)nc3[nH]2)c1. The summed E-state index contributed by atoms with van der Waals surface area (Å²) in [7, 11) is 0. The summed E-state index contributed by atoms with van der Waals surface area (Å²) in [5.41, 5.74) is 20.6. The number of guanidine groups is 1. The molecule has 9 N–H and O–H groups in total. The van der Waals surface area contributed by atoms with Crippen LogP contribution in [0.2, 0.25) is 5.02 Å². The lowest BCUT2D eigenvalue weighted by atomic mass is 10.0. The second-order valence-corrected chi connectivity index (χ2v) is 10.3. The summed E-state index contributed by atoms with van der Waals surface area (Å²) >= 11 is 6.21. The molecule has 0 unspecified atom stereocenters. The number of hydrogen-bond acceptors (Lipinski definition) is 5. The van der Waals surface area contributed by atoms with E-state index in [-0.39, 0.29) is 23.1 Å². The summed E-state index contributed by atoms with van der Waals surface area (Å²) < 4.78 is 16.5. The molecule has 0 fully saturated rings. The lowest BCUT2D eigenvalue weighted by Gasteiger charge is -2.13. The van der Waals surface area contributed by atoms with Crippen molar-refractivity contribution < 1.29 is 4.39 Å². The molecule has 2 atom stereocenters. The van der Waals surface area contributed by atoms with Crippen LogP contribution in [0, 0.1) is 11.2 Å². The van der Waals surface area contributed by atoms with E-state index in [2.05, 4.69) is 15.3 Å². The highest BCUT2D eigenvalue weighted by molar-refractivity contribution is 6.31. The van der Waals surface area contributed by atoms with E-state index in [0.717, 1.165) is 36.8 Å². The van der Waals surface area contributed by atoms with Crippen molar-refractivity contribution in [3.8, 4) is 16.9 Å². The second kappa shape index (κ2) is 12.4. The summed E-state index contributed by atoms with van der Waals surface area (Å²) in [6, 6.07) is 12.5. The molecule has 39 heavy (non-hydrogen) atoms. The lowest BCUT2D eigenvalue weighted by Crippen LogP contribution is -2.31. The molecule has 2 aromatic carbocycles. The number of aromatic nitrogens is 3. The molecule has 9 nitrogen and oxygen atoms in total. The van der Waals surface area contributed by atoms with Gasteiger partial charge < -0.3 is 27.5 Å². The van der Waals surface area contributed by atoms with Crippen LogP contribution in [0.3, 0.4) is 0 Å². The lowest BCUT2D eigenvalue weighted by molar-refractivity contribution is 0.602. The molecular weight excluding hydrogens is 519 g/mol. The summed E-state index contributed by atoms with van der Waals surface area (Å²) in [6.07, 6.45) is 5.62. The van der Waals surface area contributed by atoms with Crippen LogP contribution in [0.25, 0.3) is 28.0 Å². The third-order valence-corrected chi connectivity index (χ3v) is 6.89. The van der Waals surface area contributed by atoms with E-state index in [1.165, 1.54) is 4.57 Å². The monoisotopic (exact) mass is 552 g/mol. The Hall–Kier alpha value is -3.73. The van der Waals surface area contributed by atoms with Crippen LogP contribution >= 0.6 is 11.6 Å². The fourth-order valence-electron chi connectivity index (χ4n) is 4.53. The maximum absolute atomic E-state index is 15.0. The summed E-state index contributed by atoms with van der Waals surface area (Å²) in [6.45, 7) is 2.54. The number of aromatic amines is 1. The molecule has 0 aliphatic heterocycles. The van der Waals surface area contributed by atoms with Gasteiger partial charge in [0.05, 0.1) is 16.4 Å². The molecule has 0 radical (unpaired) electrons. The average molecular weight is 553 g/mol. The molecule has 0 aliphatic carbocycles. The van der Waals surface area contributed by atoms with Gasteiger partial charge in [-0.25, -0.2) is 9.18 Å². The number of hydrogen-bond donors (Lipinski definition) is 6. The summed E-state index contributed by atoms with van der Waals surface area (Å²) in [4.78, 5) is 20.1. The maximum Gasteiger partial charge on any atom is 0.354 e. The van der Waals surface area contributed by atoms with Gasteiger partial charge in [-0.15, -0.1) is 0 Å². The molecule has 0 spiro atoms. The first-order valence-corrected chi connectivity index (χ1v) is 13.3. The minimum atomic E-state index is -0.529. The fraction of sp³-hybridized carbons (Fsp3) is 0.321. The minimum Gasteiger partial charge on any atom is -0.370 e. The van der Waals surface area contributed by atoms with Gasteiger partial charge >= 0.3 is 5.69 Å². The van der Waals surface area contributed by atoms with E-state index < -0.39 is 11.5 Å². The zero-order valence-electron chi connectivity index (χ0n) is 21.8. The van der Waals surface area contributed by atoms with Crippen molar-refractivity contribution in [3.63, 3.8) is 0 Å². The number of halogens is 2. The van der Waals surface area contributed by atoms with Crippen LogP contribution in [0.1, 0.15) is 49.8 Å². The second-order valence-electron chi connectivity index (χ2n) is 9.87. The molecule has 206 valence electrons. The Kier molecular flexibility index (Phi) is 9.01. The van der Waals surface area contributed by atoms with E-state index in [9.17, 15) is 4.79 Å². The average Bonchev–Trinajstić information content (AvgIpc) is 3.30. The molecule has 2 heterocycles. The van der Waals surface area contributed by atoms with Gasteiger partial charge in [-0.05, 0) is 80.5 Å². The fourth-order valence-corrected chi connectivity index (χ4v) is 4.77. The predicted molar refractivity (Wildman–Crippen MR) is 155 cm³/mol. The number of nitrogens with two attached hydrogens (primary N) is 3. The van der Waals surface area contributed by atoms with Crippen molar-refractivity contribution in [3.05, 3.63) is 81.1 Å². The Morgan fingerprint density at radius 2 is 1.92 bits per heavy atom. The van der Waals surface area contributed by atoms with E-state index in [1.807, 2.05) is 31.2 Å². The minimum absolute atomic E-state index is 0.0444. The standard InChI is InChI=1S/C28H34ClFN8O/c1-16(31)4-2-5-17-12-21(25(30)22(29)13-17)24-14-19-15-38(28(39)37-26(19)36-24)20-9-7-18(8-10-20)23(32)6-3-11-35-27(33)34/h7-10,12-16,23H,2-6,11,31-32H2,1H3,(H4,33,34,35)(H,36,37,39)/t16-,23+/m0/s1. The van der Waals surface area contributed by atoms with E-state index in [0.29, 0.717) is 40.9 Å². The van der Waals surface area contributed by atoms with Crippen LogP contribution in [0.5, 0.6) is 0 Å². The zero-order valence-corrected chi connectivity index (χ0v) is 22.6. The molecule has 0 saturated carbocycles. The van der Waals surface area contributed by atoms with Crippen molar-refractivity contribution in [1.82, 2.24) is 19.9 Å². The highest BCUT2D eigenvalue weighted by atomic mass is 35.5. The topological polar surface area (TPSA) is 165 Å². The van der Waals surface area contributed by atoms with Gasteiger partial charge in [-0.3, -0.25) is 9.98 Å². The molecule has 0 saturated heterocycles. The summed E-state index contributed by atoms with van der Waals surface area (Å²) in [5, 5.41) is 10.7. The van der Waals surface area contributed by atoms with Crippen LogP contribution < -0.4 is 28.2 Å². The van der Waals surface area contributed by atoms with Gasteiger partial charge in [0.2, 0.25) is 0 Å². The van der Waals surface area contributed by atoms with Gasteiger partial charge in [0.1, 0.15) is 5.65 Å². The normalized spacial score (nSPS) is 12.9. The molecule has 2 aromatic heterocycles. The van der Waals surface area contributed by atoms with Gasteiger partial charge in [-0.2, -0.15) is 4.98 Å². The number of fused-ring (bicyclic) bond motifs is 1. The predicted octanol–water partition coefficient (Wildman–Crippen LogP) is 4.11. The number of H-pyrrole nitrogens is 1. The van der Waals surface area contributed by atoms with Crippen molar-refractivity contribution in [2.45, 2.75) is 51.1 Å². The van der Waals surface area contributed by atoms with Crippen molar-refractivity contribution in [1.29, 1.82) is 5.41 Å². The number of rotatable bonds is 11. The van der Waals surface area contributed by atoms with Crippen molar-refractivity contribution in [2.24, 2.45) is 17.2 Å². The van der Waals surface area contributed by atoms with Gasteiger partial charge in [0.15, 0.2) is 11.8 Å². The summed E-state index contributed by atoms with van der Waals surface area (Å²) in [5.74, 6) is -0.590. The number of benzene rings is 2. The number of aryl methyl sites for hydroxylation is 1. The zero-order chi connectivity index (χ0) is 28.1. The quantitative estimate of drug-likeness (QED) is 0.0930. The Balaban J connectivity index is 1.56. The van der Waals surface area contributed by atoms with Crippen LogP contribution in [-0.2, 0) is 6.42 Å². The van der Waals surface area contributed by atoms with Crippen molar-refractivity contribution in [2.75, 3.05) is 6.54 Å². The number of nitrogens with zero attached hydrogens (tertiary/aromatic N) is 2. The van der Waals surface area contributed by atoms with E-state index >= 15 is 4.39 Å². The highest BCUT2D eigenvalue weighted by Crippen LogP contribution is 2.31. The van der Waals surface area contributed by atoms with Crippen LogP contribution in [0.15, 0.2) is 53.5 Å². The van der Waals surface area contributed by atoms with E-state index in [4.69, 9.17) is 34.2 Å². The van der Waals surface area contributed by atoms with Gasteiger partial charge in [-0.1, -0.05) is 23.7 Å². The Morgan fingerprint density at radius 3 is 2.62 bits per heavy atom. The first-order valence-electron chi connectivity index (χ1n) is 12.9. The molecule has 0 amide bonds. The highest BCUT2D eigenvalue weighted by Gasteiger charge is 2.16. The molecule has 4 aromatic rings. The van der Waals surface area contributed by atoms with Gasteiger partial charge in [0.25, 0.3) is 0 Å². The first kappa shape index (κ1) is 28.3. The Labute approximate surface area is 231 Å². The molecule has 0 bridgehead atoms. The third kappa shape index (κ3) is 7.03. The Morgan fingerprint density at radius 1 is 1.18 bits per heavy atom. The third-order valence-electron chi connectivity index (χ3n) is 6.62. The Bertz CT molecular complexity index is 1510. The molecule has 4 rings (SSSR count). The largest absolute Gasteiger partial charge is 0.370 e. The van der Waals surface area contributed by atoms with Crippen molar-refractivity contribution >= 4 is 28.6 Å². The van der Waals surface area contributed by atoms with Crippen LogP contribution in [-0.4, -0.2) is 33.1 Å². The maximum atomic E-state index is 15.0. The van der Waals surface area contributed by atoms with E-state index in [1.54, 1.807) is 24.4 Å². The molecule has 0 aliphatic rings. The van der Waals surface area contributed by atoms with Gasteiger partial charge in [0, 0.05) is 35.8 Å². The smallest absolute Gasteiger partial charge is 0.354 e.